The lowest BCUT2D eigenvalue weighted by molar-refractivity contribution is 0.199. The van der Waals surface area contributed by atoms with Crippen LogP contribution in [0.5, 0.6) is 0 Å². The largest absolute Gasteiger partial charge is 0.313 e. The summed E-state index contributed by atoms with van der Waals surface area (Å²) >= 11 is 0. The third-order valence-electron chi connectivity index (χ3n) is 3.04. The highest BCUT2D eigenvalue weighted by atomic mass is 15.2. The number of hydrogen-bond donors (Lipinski definition) is 1. The smallest absolute Gasteiger partial charge is 0.0195 e. The van der Waals surface area contributed by atoms with Crippen LogP contribution in [0.15, 0.2) is 0 Å². The number of nitrogens with zero attached hydrogens (tertiary/aromatic N) is 1. The average Bonchev–Trinajstić information content (AvgIpc) is 2.29. The van der Waals surface area contributed by atoms with Gasteiger partial charge in [-0.3, -0.25) is 0 Å². The Morgan fingerprint density at radius 3 is 3.07 bits per heavy atom. The molecule has 1 aliphatic heterocycles. The fraction of sp³-hybridized carbons (Fsp3) is 0.846. The predicted octanol–water partition coefficient (Wildman–Crippen LogP) is 1.86. The zero-order valence-corrected chi connectivity index (χ0v) is 10.2. The van der Waals surface area contributed by atoms with Crippen molar-refractivity contribution in [1.82, 2.24) is 10.2 Å². The molecule has 0 radical (unpaired) electrons. The van der Waals surface area contributed by atoms with E-state index in [9.17, 15) is 0 Å². The summed E-state index contributed by atoms with van der Waals surface area (Å²) in [5.74, 6) is 6.04. The summed E-state index contributed by atoms with van der Waals surface area (Å²) in [5.41, 5.74) is 0. The second-order valence-electron chi connectivity index (χ2n) is 4.22. The van der Waals surface area contributed by atoms with Crippen molar-refractivity contribution in [2.24, 2.45) is 0 Å². The number of nitrogens with one attached hydrogen (secondary N) is 1. The van der Waals surface area contributed by atoms with Crippen LogP contribution in [0, 0.1) is 11.8 Å². The van der Waals surface area contributed by atoms with E-state index in [1.807, 2.05) is 6.92 Å². The van der Waals surface area contributed by atoms with Crippen molar-refractivity contribution in [3.05, 3.63) is 0 Å². The first-order valence-corrected chi connectivity index (χ1v) is 6.22. The van der Waals surface area contributed by atoms with Gasteiger partial charge < -0.3 is 10.2 Å². The van der Waals surface area contributed by atoms with Gasteiger partial charge in [0.1, 0.15) is 0 Å². The van der Waals surface area contributed by atoms with Gasteiger partial charge in [-0.05, 0) is 45.8 Å². The highest BCUT2D eigenvalue weighted by Gasteiger charge is 2.17. The minimum Gasteiger partial charge on any atom is -0.313 e. The maximum absolute atomic E-state index is 3.64. The highest BCUT2D eigenvalue weighted by Crippen LogP contribution is 2.09. The van der Waals surface area contributed by atoms with E-state index in [4.69, 9.17) is 0 Å². The van der Waals surface area contributed by atoms with E-state index in [-0.39, 0.29) is 0 Å². The normalized spacial score (nSPS) is 22.1. The van der Waals surface area contributed by atoms with E-state index in [0.717, 1.165) is 13.0 Å². The summed E-state index contributed by atoms with van der Waals surface area (Å²) in [6.07, 6.45) is 4.91. The minimum absolute atomic E-state index is 0.716. The Balaban J connectivity index is 2.06. The van der Waals surface area contributed by atoms with Crippen molar-refractivity contribution in [3.8, 4) is 11.8 Å². The van der Waals surface area contributed by atoms with Crippen molar-refractivity contribution in [2.75, 3.05) is 26.2 Å². The second kappa shape index (κ2) is 7.73. The van der Waals surface area contributed by atoms with Gasteiger partial charge in [-0.25, -0.2) is 0 Å². The fourth-order valence-electron chi connectivity index (χ4n) is 2.12. The van der Waals surface area contributed by atoms with Gasteiger partial charge in [0.15, 0.2) is 0 Å². The number of piperidine rings is 1. The van der Waals surface area contributed by atoms with E-state index in [1.54, 1.807) is 0 Å². The Kier molecular flexibility index (Phi) is 6.47. The molecule has 0 amide bonds. The summed E-state index contributed by atoms with van der Waals surface area (Å²) in [6.45, 7) is 9.00. The number of unbranched alkanes of at least 4 members (excludes halogenated alkanes) is 1. The molecule has 1 atom stereocenters. The van der Waals surface area contributed by atoms with Crippen LogP contribution in [-0.4, -0.2) is 37.1 Å². The van der Waals surface area contributed by atoms with Gasteiger partial charge in [0.05, 0.1) is 0 Å². The maximum atomic E-state index is 3.64. The Morgan fingerprint density at radius 1 is 1.47 bits per heavy atom. The van der Waals surface area contributed by atoms with Crippen LogP contribution < -0.4 is 5.32 Å². The van der Waals surface area contributed by atoms with Crippen molar-refractivity contribution in [3.63, 3.8) is 0 Å². The molecule has 0 aromatic carbocycles. The first-order chi connectivity index (χ1) is 7.36. The molecule has 15 heavy (non-hydrogen) atoms. The van der Waals surface area contributed by atoms with Crippen LogP contribution in [0.1, 0.15) is 39.5 Å². The topological polar surface area (TPSA) is 15.3 Å². The van der Waals surface area contributed by atoms with Gasteiger partial charge in [-0.1, -0.05) is 6.92 Å². The third-order valence-corrected chi connectivity index (χ3v) is 3.04. The molecule has 0 bridgehead atoms. The lowest BCUT2D eigenvalue weighted by Gasteiger charge is -2.32. The van der Waals surface area contributed by atoms with Crippen LogP contribution in [0.2, 0.25) is 0 Å². The van der Waals surface area contributed by atoms with E-state index in [2.05, 4.69) is 29.0 Å². The van der Waals surface area contributed by atoms with Gasteiger partial charge in [-0.15, -0.1) is 11.8 Å². The molecule has 2 nitrogen and oxygen atoms in total. The van der Waals surface area contributed by atoms with Gasteiger partial charge in [0, 0.05) is 19.0 Å². The summed E-state index contributed by atoms with van der Waals surface area (Å²) in [4.78, 5) is 2.53. The summed E-state index contributed by atoms with van der Waals surface area (Å²) in [7, 11) is 0. The van der Waals surface area contributed by atoms with Crippen molar-refractivity contribution in [2.45, 2.75) is 45.6 Å². The Hall–Kier alpha value is -0.520. The predicted molar refractivity (Wildman–Crippen MR) is 65.8 cm³/mol. The van der Waals surface area contributed by atoms with Gasteiger partial charge in [-0.2, -0.15) is 0 Å². The van der Waals surface area contributed by atoms with Crippen LogP contribution in [0.4, 0.5) is 0 Å². The molecule has 1 fully saturated rings. The molecule has 86 valence electrons. The molecule has 2 heteroatoms. The molecule has 0 aromatic heterocycles. The number of rotatable bonds is 5. The zero-order chi connectivity index (χ0) is 10.9. The SMILES string of the molecule is CC#CCCCN[C@@H]1CCCN(CC)C1. The zero-order valence-electron chi connectivity index (χ0n) is 10.2. The monoisotopic (exact) mass is 208 g/mol. The number of likely N-dealkylation sites (N-methyl/N-ethyl adjacent to an activating group) is 1. The van der Waals surface area contributed by atoms with E-state index in [0.29, 0.717) is 6.04 Å². The molecular formula is C13H24N2. The van der Waals surface area contributed by atoms with Crippen LogP contribution in [0.3, 0.4) is 0 Å². The molecule has 1 saturated heterocycles. The Bertz CT molecular complexity index is 214. The summed E-state index contributed by atoms with van der Waals surface area (Å²) < 4.78 is 0. The molecule has 1 rings (SSSR count). The van der Waals surface area contributed by atoms with Gasteiger partial charge in [0.25, 0.3) is 0 Å². The first kappa shape index (κ1) is 12.5. The quantitative estimate of drug-likeness (QED) is 0.548. The van der Waals surface area contributed by atoms with Crippen molar-refractivity contribution in [1.29, 1.82) is 0 Å². The standard InChI is InChI=1S/C13H24N2/c1-3-5-6-7-10-14-13-9-8-11-15(4-2)12-13/h13-14H,4,6-12H2,1-2H3/t13-/m1/s1. The third kappa shape index (κ3) is 5.20. The average molecular weight is 208 g/mol. The lowest BCUT2D eigenvalue weighted by Crippen LogP contribution is -2.45. The minimum atomic E-state index is 0.716. The van der Waals surface area contributed by atoms with E-state index >= 15 is 0 Å². The number of hydrogen-bond acceptors (Lipinski definition) is 2. The van der Waals surface area contributed by atoms with Gasteiger partial charge in [0.2, 0.25) is 0 Å². The molecule has 1 N–H and O–H groups in total. The Labute approximate surface area is 94.4 Å². The maximum Gasteiger partial charge on any atom is 0.0195 e. The summed E-state index contributed by atoms with van der Waals surface area (Å²) in [5, 5.41) is 3.64. The van der Waals surface area contributed by atoms with E-state index < -0.39 is 0 Å². The summed E-state index contributed by atoms with van der Waals surface area (Å²) in [6, 6.07) is 0.716. The first-order valence-electron chi connectivity index (χ1n) is 6.22. The van der Waals surface area contributed by atoms with Crippen molar-refractivity contribution < 1.29 is 0 Å². The van der Waals surface area contributed by atoms with Crippen LogP contribution in [0.25, 0.3) is 0 Å². The molecule has 0 unspecified atom stereocenters. The van der Waals surface area contributed by atoms with Crippen LogP contribution >= 0.6 is 0 Å². The molecule has 0 spiro atoms. The van der Waals surface area contributed by atoms with Crippen LogP contribution in [-0.2, 0) is 0 Å². The van der Waals surface area contributed by atoms with Crippen molar-refractivity contribution >= 4 is 0 Å². The molecular weight excluding hydrogens is 184 g/mol. The molecule has 0 aromatic rings. The van der Waals surface area contributed by atoms with E-state index in [1.165, 1.54) is 38.9 Å². The highest BCUT2D eigenvalue weighted by molar-refractivity contribution is 4.94. The van der Waals surface area contributed by atoms with Gasteiger partial charge >= 0.3 is 0 Å². The molecule has 0 aliphatic carbocycles. The fourth-order valence-corrected chi connectivity index (χ4v) is 2.12. The molecule has 0 saturated carbocycles. The second-order valence-corrected chi connectivity index (χ2v) is 4.22. The molecule has 1 aliphatic rings. The lowest BCUT2D eigenvalue weighted by atomic mass is 10.1. The Morgan fingerprint density at radius 2 is 2.33 bits per heavy atom. The number of likely N-dealkylation sites (tertiary alicyclic amines) is 1. The molecule has 1 heterocycles.